The first-order valence-corrected chi connectivity index (χ1v) is 12.3. The fourth-order valence-corrected chi connectivity index (χ4v) is 4.27. The number of thioether (sulfide) groups is 1. The lowest BCUT2D eigenvalue weighted by Crippen LogP contribution is -2.33. The molecule has 0 spiro atoms. The van der Waals surface area contributed by atoms with Crippen LogP contribution in [0.5, 0.6) is 17.2 Å². The largest absolute Gasteiger partial charge is 0.508 e. The molecule has 1 N–H and O–H groups in total. The van der Waals surface area contributed by atoms with Crippen LogP contribution in [0.2, 0.25) is 0 Å². The molecule has 1 fully saturated rings. The molecule has 170 valence electrons. The van der Waals surface area contributed by atoms with Crippen molar-refractivity contribution >= 4 is 11.8 Å². The average molecular weight is 452 g/mol. The van der Waals surface area contributed by atoms with E-state index in [1.54, 1.807) is 30.0 Å². The van der Waals surface area contributed by atoms with E-state index in [1.165, 1.54) is 32.4 Å². The zero-order valence-electron chi connectivity index (χ0n) is 18.6. The van der Waals surface area contributed by atoms with Crippen LogP contribution in [0.3, 0.4) is 0 Å². The number of fused-ring (bicyclic) bond motifs is 1. The van der Waals surface area contributed by atoms with Crippen LogP contribution in [-0.4, -0.2) is 48.6 Å². The van der Waals surface area contributed by atoms with Gasteiger partial charge in [-0.15, -0.1) is 11.8 Å². The van der Waals surface area contributed by atoms with Crippen molar-refractivity contribution in [1.29, 1.82) is 0 Å². The van der Waals surface area contributed by atoms with Crippen molar-refractivity contribution in [2.75, 3.05) is 38.6 Å². The van der Waals surface area contributed by atoms with Gasteiger partial charge in [0.25, 0.3) is 0 Å². The summed E-state index contributed by atoms with van der Waals surface area (Å²) in [6.07, 6.45) is 4.10. The minimum Gasteiger partial charge on any atom is -0.508 e. The van der Waals surface area contributed by atoms with E-state index in [0.29, 0.717) is 5.75 Å². The van der Waals surface area contributed by atoms with E-state index in [-0.39, 0.29) is 0 Å². The van der Waals surface area contributed by atoms with E-state index in [9.17, 15) is 0 Å². The van der Waals surface area contributed by atoms with Crippen LogP contribution in [-0.2, 0) is 0 Å². The summed E-state index contributed by atoms with van der Waals surface area (Å²) in [5.41, 5.74) is 0. The van der Waals surface area contributed by atoms with Gasteiger partial charge in [0.1, 0.15) is 23.9 Å². The van der Waals surface area contributed by atoms with E-state index in [1.807, 2.05) is 66.7 Å². The number of aromatic hydroxyl groups is 1. The third kappa shape index (κ3) is 9.25. The van der Waals surface area contributed by atoms with E-state index >= 15 is 0 Å². The zero-order valence-corrected chi connectivity index (χ0v) is 19.4. The highest BCUT2D eigenvalue weighted by Crippen LogP contribution is 2.35. The fraction of sp³-hybridized carbons (Fsp3) is 0.333. The first-order valence-electron chi connectivity index (χ1n) is 11.3. The summed E-state index contributed by atoms with van der Waals surface area (Å²) >= 11 is 1.72. The molecule has 0 saturated carbocycles. The molecular formula is C27H33NO3S. The molecule has 3 aromatic rings. The minimum absolute atomic E-state index is 0.307. The van der Waals surface area contributed by atoms with Crippen molar-refractivity contribution in [3.63, 3.8) is 0 Å². The Kier molecular flexibility index (Phi) is 10.8. The summed E-state index contributed by atoms with van der Waals surface area (Å²) in [4.78, 5) is 3.53. The van der Waals surface area contributed by atoms with E-state index in [0.717, 1.165) is 41.9 Å². The van der Waals surface area contributed by atoms with E-state index < -0.39 is 0 Å². The Bertz CT molecular complexity index is 844. The predicted octanol–water partition coefficient (Wildman–Crippen LogP) is 6.11. The first-order chi connectivity index (χ1) is 15.8. The van der Waals surface area contributed by atoms with Crippen LogP contribution >= 0.6 is 11.8 Å². The SMILES string of the molecule is Oc1ccc2c(c1)SCCO2.c1ccc(OCCN2CCCCC2)cc1.c1ccccc1. The van der Waals surface area contributed by atoms with E-state index in [2.05, 4.69) is 4.90 Å². The molecule has 5 heteroatoms. The van der Waals surface area contributed by atoms with Crippen LogP contribution in [0.25, 0.3) is 0 Å². The van der Waals surface area contributed by atoms with Gasteiger partial charge >= 0.3 is 0 Å². The molecule has 0 aliphatic carbocycles. The van der Waals surface area contributed by atoms with Crippen LogP contribution in [0.1, 0.15) is 19.3 Å². The van der Waals surface area contributed by atoms with Gasteiger partial charge in [-0.3, -0.25) is 4.90 Å². The predicted molar refractivity (Wildman–Crippen MR) is 133 cm³/mol. The number of para-hydroxylation sites is 1. The van der Waals surface area contributed by atoms with Gasteiger partial charge in [-0.25, -0.2) is 0 Å². The number of likely N-dealkylation sites (tertiary alicyclic amines) is 1. The van der Waals surface area contributed by atoms with Gasteiger partial charge in [-0.2, -0.15) is 0 Å². The molecule has 0 bridgehead atoms. The van der Waals surface area contributed by atoms with Gasteiger partial charge in [0.2, 0.25) is 0 Å². The Balaban J connectivity index is 0.000000148. The van der Waals surface area contributed by atoms with Gasteiger partial charge in [0.05, 0.1) is 11.5 Å². The molecule has 0 atom stereocenters. The normalized spacial score (nSPS) is 15.0. The van der Waals surface area contributed by atoms with Crippen molar-refractivity contribution < 1.29 is 14.6 Å². The highest BCUT2D eigenvalue weighted by atomic mass is 32.2. The first kappa shape index (κ1) is 24.0. The Hall–Kier alpha value is -2.63. The smallest absolute Gasteiger partial charge is 0.133 e. The van der Waals surface area contributed by atoms with Crippen molar-refractivity contribution in [2.45, 2.75) is 24.2 Å². The maximum absolute atomic E-state index is 9.12. The van der Waals surface area contributed by atoms with Gasteiger partial charge in [0, 0.05) is 12.3 Å². The average Bonchev–Trinajstić information content (AvgIpc) is 2.87. The summed E-state index contributed by atoms with van der Waals surface area (Å²) in [6.45, 7) is 5.14. The van der Waals surface area contributed by atoms with Gasteiger partial charge in [-0.05, 0) is 56.3 Å². The van der Waals surface area contributed by atoms with Gasteiger partial charge < -0.3 is 14.6 Å². The highest BCUT2D eigenvalue weighted by Gasteiger charge is 2.10. The third-order valence-electron chi connectivity index (χ3n) is 5.06. The maximum atomic E-state index is 9.12. The lowest BCUT2D eigenvalue weighted by molar-refractivity contribution is 0.183. The van der Waals surface area contributed by atoms with Gasteiger partial charge in [0.15, 0.2) is 0 Å². The summed E-state index contributed by atoms with van der Waals surface area (Å²) in [5, 5.41) is 9.12. The molecule has 2 heterocycles. The number of rotatable bonds is 4. The van der Waals surface area contributed by atoms with Crippen molar-refractivity contribution in [3.8, 4) is 17.2 Å². The van der Waals surface area contributed by atoms with Crippen LogP contribution in [0.15, 0.2) is 89.8 Å². The molecule has 0 aromatic heterocycles. The Morgan fingerprint density at radius 1 is 0.844 bits per heavy atom. The van der Waals surface area contributed by atoms with E-state index in [4.69, 9.17) is 14.6 Å². The topological polar surface area (TPSA) is 41.9 Å². The molecular weight excluding hydrogens is 418 g/mol. The number of phenolic OH excluding ortho intramolecular Hbond substituents is 1. The number of piperidine rings is 1. The molecule has 32 heavy (non-hydrogen) atoms. The summed E-state index contributed by atoms with van der Waals surface area (Å²) in [5.74, 6) is 3.14. The molecule has 2 aliphatic heterocycles. The van der Waals surface area contributed by atoms with Crippen LogP contribution in [0.4, 0.5) is 0 Å². The second-order valence-electron chi connectivity index (χ2n) is 7.55. The lowest BCUT2D eigenvalue weighted by Gasteiger charge is -2.26. The molecule has 2 aliphatic rings. The quantitative estimate of drug-likeness (QED) is 0.518. The second kappa shape index (κ2) is 14.4. The third-order valence-corrected chi connectivity index (χ3v) is 6.06. The number of ether oxygens (including phenoxy) is 2. The number of phenols is 1. The number of benzene rings is 3. The number of nitrogens with zero attached hydrogens (tertiary/aromatic N) is 1. The molecule has 5 rings (SSSR count). The van der Waals surface area contributed by atoms with Crippen molar-refractivity contribution in [2.24, 2.45) is 0 Å². The fourth-order valence-electron chi connectivity index (χ4n) is 3.41. The number of hydrogen-bond donors (Lipinski definition) is 1. The highest BCUT2D eigenvalue weighted by molar-refractivity contribution is 7.99. The lowest BCUT2D eigenvalue weighted by atomic mass is 10.1. The van der Waals surface area contributed by atoms with Crippen LogP contribution < -0.4 is 9.47 Å². The Labute approximate surface area is 196 Å². The molecule has 0 unspecified atom stereocenters. The maximum Gasteiger partial charge on any atom is 0.133 e. The molecule has 0 radical (unpaired) electrons. The standard InChI is InChI=1S/C13H19NO.C8H8O2S.C6H6/c1-3-7-13(8-4-1)15-12-11-14-9-5-2-6-10-14;9-6-1-2-7-8(5-6)11-4-3-10-7;1-2-4-6-5-3-1/h1,3-4,7-8H,2,5-6,9-12H2;1-2,5,9H,3-4H2;1-6H. The second-order valence-corrected chi connectivity index (χ2v) is 8.68. The van der Waals surface area contributed by atoms with Crippen molar-refractivity contribution in [3.05, 3.63) is 84.9 Å². The minimum atomic E-state index is 0.307. The van der Waals surface area contributed by atoms with Crippen molar-refractivity contribution in [1.82, 2.24) is 4.90 Å². The van der Waals surface area contributed by atoms with Crippen LogP contribution in [0, 0.1) is 0 Å². The molecule has 0 amide bonds. The Morgan fingerprint density at radius 3 is 2.19 bits per heavy atom. The molecule has 1 saturated heterocycles. The summed E-state index contributed by atoms with van der Waals surface area (Å²) in [7, 11) is 0. The summed E-state index contributed by atoms with van der Waals surface area (Å²) < 4.78 is 11.0. The Morgan fingerprint density at radius 2 is 1.50 bits per heavy atom. The monoisotopic (exact) mass is 451 g/mol. The number of hydrogen-bond acceptors (Lipinski definition) is 5. The molecule has 4 nitrogen and oxygen atoms in total. The zero-order chi connectivity index (χ0) is 22.3. The molecule has 3 aromatic carbocycles. The van der Waals surface area contributed by atoms with Gasteiger partial charge in [-0.1, -0.05) is 61.0 Å². The summed E-state index contributed by atoms with van der Waals surface area (Å²) in [6, 6.07) is 27.2.